The maximum Gasteiger partial charge on any atom is 0.216 e. The highest BCUT2D eigenvalue weighted by Crippen LogP contribution is 2.47. The van der Waals surface area contributed by atoms with Crippen LogP contribution in [0.4, 0.5) is 0 Å². The van der Waals surface area contributed by atoms with E-state index >= 15 is 0 Å². The van der Waals surface area contributed by atoms with Gasteiger partial charge in [0.25, 0.3) is 0 Å². The topological polar surface area (TPSA) is 59.5 Å². The molecule has 0 saturated carbocycles. The first kappa shape index (κ1) is 17.2. The molecule has 7 heteroatoms. The molecule has 0 radical (unpaired) electrons. The molecule has 2 fully saturated rings. The van der Waals surface area contributed by atoms with E-state index in [1.165, 1.54) is 0 Å². The summed E-state index contributed by atoms with van der Waals surface area (Å²) in [7, 11) is -3.11. The van der Waals surface area contributed by atoms with Gasteiger partial charge in [-0.1, -0.05) is 6.07 Å². The van der Waals surface area contributed by atoms with E-state index in [1.807, 2.05) is 36.9 Å². The first-order valence-corrected chi connectivity index (χ1v) is 10.5. The lowest BCUT2D eigenvalue weighted by Gasteiger charge is -2.47. The van der Waals surface area contributed by atoms with Gasteiger partial charge in [0.2, 0.25) is 10.0 Å². The predicted octanol–water partition coefficient (Wildman–Crippen LogP) is 2.20. The Morgan fingerprint density at radius 3 is 2.83 bits per heavy atom. The third-order valence-electron chi connectivity index (χ3n) is 4.47. The minimum absolute atomic E-state index is 0.0622. The second-order valence-electron chi connectivity index (χ2n) is 6.76. The Balaban J connectivity index is 1.50. The molecular weight excluding hydrogens is 332 g/mol. The monoisotopic (exact) mass is 356 g/mol. The summed E-state index contributed by atoms with van der Waals surface area (Å²) in [4.78, 5) is 4.45. The molecule has 1 atom stereocenters. The van der Waals surface area contributed by atoms with Crippen LogP contribution in [0.3, 0.4) is 0 Å². The molecule has 23 heavy (non-hydrogen) atoms. The fourth-order valence-corrected chi connectivity index (χ4v) is 6.25. The van der Waals surface area contributed by atoms with Crippen molar-refractivity contribution < 1.29 is 13.2 Å². The van der Waals surface area contributed by atoms with Gasteiger partial charge in [-0.3, -0.25) is 4.98 Å². The molecule has 2 saturated heterocycles. The molecule has 3 rings (SSSR count). The highest BCUT2D eigenvalue weighted by atomic mass is 32.2. The Morgan fingerprint density at radius 2 is 2.17 bits per heavy atom. The third kappa shape index (κ3) is 3.57. The van der Waals surface area contributed by atoms with Crippen LogP contribution >= 0.6 is 11.8 Å². The first-order chi connectivity index (χ1) is 10.8. The van der Waals surface area contributed by atoms with Gasteiger partial charge in [-0.05, 0) is 39.3 Å². The van der Waals surface area contributed by atoms with E-state index in [-0.39, 0.29) is 16.1 Å². The predicted molar refractivity (Wildman–Crippen MR) is 93.0 cm³/mol. The van der Waals surface area contributed by atoms with E-state index in [2.05, 4.69) is 4.98 Å². The number of ether oxygens (including phenoxy) is 1. The summed E-state index contributed by atoms with van der Waals surface area (Å²) in [5, 5.41) is -0.342. The fourth-order valence-electron chi connectivity index (χ4n) is 3.09. The van der Waals surface area contributed by atoms with Crippen LogP contribution in [0, 0.1) is 6.92 Å². The molecule has 1 aromatic rings. The van der Waals surface area contributed by atoms with Crippen molar-refractivity contribution in [3.63, 3.8) is 0 Å². The van der Waals surface area contributed by atoms with Crippen molar-refractivity contribution in [1.82, 2.24) is 9.29 Å². The van der Waals surface area contributed by atoms with Gasteiger partial charge in [-0.15, -0.1) is 11.8 Å². The Bertz CT molecular complexity index is 670. The summed E-state index contributed by atoms with van der Waals surface area (Å²) in [6.45, 7) is 7.23. The van der Waals surface area contributed by atoms with Crippen molar-refractivity contribution in [3.8, 4) is 0 Å². The van der Waals surface area contributed by atoms with E-state index in [4.69, 9.17) is 4.74 Å². The molecule has 1 aromatic heterocycles. The van der Waals surface area contributed by atoms with Crippen LogP contribution < -0.4 is 0 Å². The van der Waals surface area contributed by atoms with Crippen molar-refractivity contribution in [2.24, 2.45) is 0 Å². The van der Waals surface area contributed by atoms with Crippen LogP contribution in [0.5, 0.6) is 0 Å². The van der Waals surface area contributed by atoms with Gasteiger partial charge >= 0.3 is 0 Å². The summed E-state index contributed by atoms with van der Waals surface area (Å²) in [5.41, 5.74) is 1.95. The third-order valence-corrected chi connectivity index (χ3v) is 8.22. The molecule has 2 aliphatic rings. The van der Waals surface area contributed by atoms with E-state index < -0.39 is 10.0 Å². The van der Waals surface area contributed by atoms with E-state index in [0.717, 1.165) is 23.6 Å². The number of sulfonamides is 1. The summed E-state index contributed by atoms with van der Waals surface area (Å²) in [5.74, 6) is 0.932. The molecule has 2 aliphatic heterocycles. The van der Waals surface area contributed by atoms with Gasteiger partial charge in [-0.25, -0.2) is 8.42 Å². The average molecular weight is 357 g/mol. The summed E-state index contributed by atoms with van der Waals surface area (Å²) < 4.78 is 32.0. The molecule has 0 aliphatic carbocycles. The van der Waals surface area contributed by atoms with Gasteiger partial charge in [0.1, 0.15) is 0 Å². The number of pyridine rings is 1. The zero-order valence-corrected chi connectivity index (χ0v) is 15.5. The highest BCUT2D eigenvalue weighted by Gasteiger charge is 2.53. The summed E-state index contributed by atoms with van der Waals surface area (Å²) in [6.07, 6.45) is 1.11. The lowest BCUT2D eigenvalue weighted by molar-refractivity contribution is 0.0379. The highest BCUT2D eigenvalue weighted by molar-refractivity contribution is 8.01. The van der Waals surface area contributed by atoms with Crippen LogP contribution in [0.2, 0.25) is 0 Å². The van der Waals surface area contributed by atoms with Crippen molar-refractivity contribution in [1.29, 1.82) is 0 Å². The van der Waals surface area contributed by atoms with E-state index in [0.29, 0.717) is 19.7 Å². The number of aryl methyl sites for hydroxylation is 1. The van der Waals surface area contributed by atoms with Gasteiger partial charge < -0.3 is 4.74 Å². The number of thioether (sulfide) groups is 1. The standard InChI is InChI=1S/C16H24N2O3S2/c1-12(2)23(19,20)18-10-16(11-18)7-15(9-22-16)21-8-14-6-4-5-13(3)17-14/h4-6,12,15H,7-11H2,1-3H3/t15-/m1/s1. The van der Waals surface area contributed by atoms with Gasteiger partial charge in [-0.2, -0.15) is 4.31 Å². The zero-order valence-electron chi connectivity index (χ0n) is 13.9. The molecule has 128 valence electrons. The normalized spacial score (nSPS) is 24.3. The molecular formula is C16H24N2O3S2. The molecule has 0 unspecified atom stereocenters. The second kappa shape index (κ2) is 6.35. The van der Waals surface area contributed by atoms with Gasteiger partial charge in [0.05, 0.1) is 23.7 Å². The lowest BCUT2D eigenvalue weighted by Crippen LogP contribution is -2.61. The number of hydrogen-bond donors (Lipinski definition) is 0. The number of hydrogen-bond acceptors (Lipinski definition) is 5. The Morgan fingerprint density at radius 1 is 1.43 bits per heavy atom. The number of aromatic nitrogens is 1. The van der Waals surface area contributed by atoms with Crippen LogP contribution in [-0.2, 0) is 21.4 Å². The lowest BCUT2D eigenvalue weighted by atomic mass is 9.95. The largest absolute Gasteiger partial charge is 0.371 e. The van der Waals surface area contributed by atoms with Crippen molar-refractivity contribution in [2.45, 2.75) is 49.9 Å². The molecule has 1 spiro atoms. The van der Waals surface area contributed by atoms with Crippen LogP contribution in [0.15, 0.2) is 18.2 Å². The first-order valence-electron chi connectivity index (χ1n) is 7.98. The fraction of sp³-hybridized carbons (Fsp3) is 0.688. The summed E-state index contributed by atoms with van der Waals surface area (Å²) in [6, 6.07) is 5.94. The minimum Gasteiger partial charge on any atom is -0.371 e. The van der Waals surface area contributed by atoms with Gasteiger partial charge in [0.15, 0.2) is 0 Å². The SMILES string of the molecule is Cc1cccc(CO[C@H]2CSC3(C2)CN(S(=O)(=O)C(C)C)C3)n1. The van der Waals surface area contributed by atoms with Crippen LogP contribution in [0.25, 0.3) is 0 Å². The molecule has 0 amide bonds. The number of nitrogens with zero attached hydrogens (tertiary/aromatic N) is 2. The average Bonchev–Trinajstić information content (AvgIpc) is 2.88. The maximum atomic E-state index is 12.2. The quantitative estimate of drug-likeness (QED) is 0.809. The maximum absolute atomic E-state index is 12.2. The van der Waals surface area contributed by atoms with Crippen molar-refractivity contribution >= 4 is 21.8 Å². The molecule has 3 heterocycles. The van der Waals surface area contributed by atoms with Crippen molar-refractivity contribution in [2.75, 3.05) is 18.8 Å². The number of rotatable bonds is 5. The van der Waals surface area contributed by atoms with E-state index in [1.54, 1.807) is 18.2 Å². The molecule has 5 nitrogen and oxygen atoms in total. The van der Waals surface area contributed by atoms with Crippen molar-refractivity contribution in [3.05, 3.63) is 29.6 Å². The Kier molecular flexibility index (Phi) is 4.75. The molecule has 0 bridgehead atoms. The minimum atomic E-state index is -3.11. The van der Waals surface area contributed by atoms with Crippen LogP contribution in [0.1, 0.15) is 31.7 Å². The molecule has 0 aromatic carbocycles. The van der Waals surface area contributed by atoms with Gasteiger partial charge in [0, 0.05) is 29.3 Å². The summed E-state index contributed by atoms with van der Waals surface area (Å²) >= 11 is 1.86. The van der Waals surface area contributed by atoms with Crippen LogP contribution in [-0.4, -0.2) is 52.7 Å². The van der Waals surface area contributed by atoms with E-state index in [9.17, 15) is 8.42 Å². The smallest absolute Gasteiger partial charge is 0.216 e. The zero-order chi connectivity index (χ0) is 16.7. The Labute approximate surface area is 142 Å². The second-order valence-corrected chi connectivity index (χ2v) is 10.7. The molecule has 0 N–H and O–H groups in total. The Hall–Kier alpha value is -0.630.